The molecular formula is C13H16ClFN2. The molecule has 0 bridgehead atoms. The molecule has 1 unspecified atom stereocenters. The standard InChI is InChI=1S/C13H16ClFN2/c14-12-10(7-4-8-11(12)15)13(17-16)9-5-2-1-3-6-9/h4-5,7-8,13,17H,1-3,6,16H2. The van der Waals surface area contributed by atoms with Crippen molar-refractivity contribution in [1.29, 1.82) is 0 Å². The Labute approximate surface area is 106 Å². The van der Waals surface area contributed by atoms with Gasteiger partial charge in [-0.1, -0.05) is 35.4 Å². The van der Waals surface area contributed by atoms with E-state index in [9.17, 15) is 4.39 Å². The molecule has 0 saturated heterocycles. The van der Waals surface area contributed by atoms with Crippen LogP contribution in [0.5, 0.6) is 0 Å². The van der Waals surface area contributed by atoms with Crippen LogP contribution < -0.4 is 11.3 Å². The van der Waals surface area contributed by atoms with Crippen LogP contribution >= 0.6 is 11.6 Å². The average Bonchev–Trinajstić information content (AvgIpc) is 2.37. The fourth-order valence-electron chi connectivity index (χ4n) is 2.27. The van der Waals surface area contributed by atoms with Crippen LogP contribution in [0.25, 0.3) is 0 Å². The van der Waals surface area contributed by atoms with Crippen LogP contribution in [0, 0.1) is 5.82 Å². The molecule has 0 heterocycles. The molecule has 4 heteroatoms. The molecule has 1 aliphatic rings. The molecule has 0 aliphatic heterocycles. The lowest BCUT2D eigenvalue weighted by molar-refractivity contribution is 0.559. The molecular weight excluding hydrogens is 239 g/mol. The topological polar surface area (TPSA) is 38.0 Å². The van der Waals surface area contributed by atoms with Gasteiger partial charge >= 0.3 is 0 Å². The molecule has 17 heavy (non-hydrogen) atoms. The van der Waals surface area contributed by atoms with Gasteiger partial charge in [-0.3, -0.25) is 5.84 Å². The second-order valence-electron chi connectivity index (χ2n) is 4.27. The number of nitrogens with one attached hydrogen (secondary N) is 1. The summed E-state index contributed by atoms with van der Waals surface area (Å²) >= 11 is 5.99. The quantitative estimate of drug-likeness (QED) is 0.492. The third-order valence-corrected chi connectivity index (χ3v) is 3.55. The monoisotopic (exact) mass is 254 g/mol. The highest BCUT2D eigenvalue weighted by Gasteiger charge is 2.20. The second-order valence-corrected chi connectivity index (χ2v) is 4.65. The van der Waals surface area contributed by atoms with Gasteiger partial charge in [-0.2, -0.15) is 0 Å². The molecule has 0 amide bonds. The molecule has 1 aliphatic carbocycles. The van der Waals surface area contributed by atoms with E-state index >= 15 is 0 Å². The largest absolute Gasteiger partial charge is 0.271 e. The van der Waals surface area contributed by atoms with Crippen LogP contribution in [-0.2, 0) is 0 Å². The van der Waals surface area contributed by atoms with Crippen LogP contribution in [0.3, 0.4) is 0 Å². The molecule has 0 saturated carbocycles. The molecule has 0 spiro atoms. The zero-order valence-electron chi connectivity index (χ0n) is 9.55. The minimum Gasteiger partial charge on any atom is -0.271 e. The van der Waals surface area contributed by atoms with E-state index in [0.717, 1.165) is 19.3 Å². The zero-order valence-corrected chi connectivity index (χ0v) is 10.3. The first-order valence-corrected chi connectivity index (χ1v) is 6.21. The Morgan fingerprint density at radius 3 is 2.82 bits per heavy atom. The van der Waals surface area contributed by atoms with Crippen molar-refractivity contribution in [3.05, 3.63) is 46.3 Å². The SMILES string of the molecule is NNC(C1=CCCCC1)c1cccc(F)c1Cl. The van der Waals surface area contributed by atoms with Crippen LogP contribution in [0.4, 0.5) is 4.39 Å². The van der Waals surface area contributed by atoms with Crippen molar-refractivity contribution in [3.8, 4) is 0 Å². The molecule has 1 aromatic carbocycles. The van der Waals surface area contributed by atoms with Crippen molar-refractivity contribution in [2.45, 2.75) is 31.7 Å². The Balaban J connectivity index is 2.34. The summed E-state index contributed by atoms with van der Waals surface area (Å²) < 4.78 is 13.4. The number of allylic oxidation sites excluding steroid dienone is 1. The van der Waals surface area contributed by atoms with E-state index in [1.165, 1.54) is 18.1 Å². The summed E-state index contributed by atoms with van der Waals surface area (Å²) in [5.74, 6) is 5.18. The van der Waals surface area contributed by atoms with Gasteiger partial charge < -0.3 is 0 Å². The highest BCUT2D eigenvalue weighted by atomic mass is 35.5. The Bertz CT molecular complexity index is 431. The number of benzene rings is 1. The van der Waals surface area contributed by atoms with Gasteiger partial charge in [0, 0.05) is 0 Å². The number of hydrogen-bond donors (Lipinski definition) is 2. The van der Waals surface area contributed by atoms with Crippen LogP contribution in [0.15, 0.2) is 29.8 Å². The maximum Gasteiger partial charge on any atom is 0.142 e. The molecule has 0 fully saturated rings. The predicted octanol–water partition coefficient (Wildman–Crippen LogP) is 3.48. The Hall–Kier alpha value is -0.900. The van der Waals surface area contributed by atoms with Crippen LogP contribution in [0.2, 0.25) is 5.02 Å². The van der Waals surface area contributed by atoms with Crippen molar-refractivity contribution < 1.29 is 4.39 Å². The predicted molar refractivity (Wildman–Crippen MR) is 68.0 cm³/mol. The summed E-state index contributed by atoms with van der Waals surface area (Å²) in [7, 11) is 0. The molecule has 2 nitrogen and oxygen atoms in total. The molecule has 0 radical (unpaired) electrons. The summed E-state index contributed by atoms with van der Waals surface area (Å²) in [5.41, 5.74) is 4.65. The summed E-state index contributed by atoms with van der Waals surface area (Å²) in [6.45, 7) is 0. The lowest BCUT2D eigenvalue weighted by Gasteiger charge is -2.23. The van der Waals surface area contributed by atoms with E-state index in [0.29, 0.717) is 5.56 Å². The van der Waals surface area contributed by atoms with E-state index in [1.54, 1.807) is 6.07 Å². The van der Waals surface area contributed by atoms with Crippen molar-refractivity contribution in [2.75, 3.05) is 0 Å². The molecule has 3 N–H and O–H groups in total. The fourth-order valence-corrected chi connectivity index (χ4v) is 2.50. The lowest BCUT2D eigenvalue weighted by atomic mass is 9.90. The van der Waals surface area contributed by atoms with Crippen molar-refractivity contribution in [3.63, 3.8) is 0 Å². The Kier molecular flexibility index (Phi) is 4.15. The Morgan fingerprint density at radius 2 is 2.18 bits per heavy atom. The van der Waals surface area contributed by atoms with E-state index < -0.39 is 5.82 Å². The smallest absolute Gasteiger partial charge is 0.142 e. The normalized spacial score (nSPS) is 17.7. The molecule has 1 aromatic rings. The van der Waals surface area contributed by atoms with E-state index in [4.69, 9.17) is 17.4 Å². The summed E-state index contributed by atoms with van der Waals surface area (Å²) in [5, 5.41) is 0.155. The van der Waals surface area contributed by atoms with Crippen molar-refractivity contribution >= 4 is 11.6 Å². The average molecular weight is 255 g/mol. The van der Waals surface area contributed by atoms with Gasteiger partial charge in [0.15, 0.2) is 0 Å². The summed E-state index contributed by atoms with van der Waals surface area (Å²) in [6, 6.07) is 4.64. The number of hydrazine groups is 1. The maximum absolute atomic E-state index is 13.4. The molecule has 1 atom stereocenters. The van der Waals surface area contributed by atoms with Crippen molar-refractivity contribution in [2.24, 2.45) is 5.84 Å². The number of nitrogens with two attached hydrogens (primary N) is 1. The first kappa shape index (κ1) is 12.6. The zero-order chi connectivity index (χ0) is 12.3. The van der Waals surface area contributed by atoms with E-state index in [2.05, 4.69) is 11.5 Å². The third kappa shape index (κ3) is 2.68. The summed E-state index contributed by atoms with van der Waals surface area (Å²) in [4.78, 5) is 0. The Morgan fingerprint density at radius 1 is 1.35 bits per heavy atom. The van der Waals surface area contributed by atoms with Gasteiger partial charge in [0.1, 0.15) is 5.82 Å². The molecule has 2 rings (SSSR count). The first-order valence-electron chi connectivity index (χ1n) is 5.83. The number of hydrogen-bond acceptors (Lipinski definition) is 2. The van der Waals surface area contributed by atoms with Crippen LogP contribution in [-0.4, -0.2) is 0 Å². The van der Waals surface area contributed by atoms with Gasteiger partial charge in [0.2, 0.25) is 0 Å². The summed E-state index contributed by atoms with van der Waals surface area (Å²) in [6.07, 6.45) is 6.58. The third-order valence-electron chi connectivity index (χ3n) is 3.16. The van der Waals surface area contributed by atoms with Gasteiger partial charge in [-0.15, -0.1) is 0 Å². The fraction of sp³-hybridized carbons (Fsp3) is 0.385. The van der Waals surface area contributed by atoms with Crippen molar-refractivity contribution in [1.82, 2.24) is 5.43 Å². The van der Waals surface area contributed by atoms with E-state index in [-0.39, 0.29) is 11.1 Å². The van der Waals surface area contributed by atoms with E-state index in [1.807, 2.05) is 6.07 Å². The highest BCUT2D eigenvalue weighted by Crippen LogP contribution is 2.33. The lowest BCUT2D eigenvalue weighted by Crippen LogP contribution is -2.30. The van der Waals surface area contributed by atoms with Crippen LogP contribution in [0.1, 0.15) is 37.3 Å². The van der Waals surface area contributed by atoms with Gasteiger partial charge in [-0.25, -0.2) is 9.82 Å². The maximum atomic E-state index is 13.4. The van der Waals surface area contributed by atoms with Gasteiger partial charge in [0.05, 0.1) is 11.1 Å². The second kappa shape index (κ2) is 5.63. The number of halogens is 2. The minimum absolute atomic E-state index is 0.155. The number of rotatable bonds is 3. The van der Waals surface area contributed by atoms with Gasteiger partial charge in [-0.05, 0) is 37.3 Å². The first-order chi connectivity index (χ1) is 8.24. The molecule has 92 valence electrons. The molecule has 0 aromatic heterocycles. The highest BCUT2D eigenvalue weighted by molar-refractivity contribution is 6.31. The minimum atomic E-state index is -0.402. The van der Waals surface area contributed by atoms with Gasteiger partial charge in [0.25, 0.3) is 0 Å².